The van der Waals surface area contributed by atoms with E-state index in [1.807, 2.05) is 146 Å². The number of ether oxygens (including phenoxy) is 5. The van der Waals surface area contributed by atoms with Crippen molar-refractivity contribution in [3.05, 3.63) is 146 Å². The molecule has 0 aliphatic carbocycles. The van der Waals surface area contributed by atoms with Crippen LogP contribution in [0.5, 0.6) is 28.7 Å². The normalized spacial score (nSPS) is 11.0. The average Bonchev–Trinajstić information content (AvgIpc) is 3.20. The summed E-state index contributed by atoms with van der Waals surface area (Å²) in [6.07, 6.45) is 0. The van der Waals surface area contributed by atoms with Crippen molar-refractivity contribution in [2.24, 2.45) is 20.5 Å². The molecule has 0 atom stereocenters. The molecular weight excluding hydrogens is 642 g/mol. The van der Waals surface area contributed by atoms with Gasteiger partial charge in [0, 0.05) is 17.1 Å². The smallest absolute Gasteiger partial charge is 0.122 e. The molecule has 6 rings (SSSR count). The molecule has 10 nitrogen and oxygen atoms in total. The van der Waals surface area contributed by atoms with Gasteiger partial charge < -0.3 is 28.6 Å². The van der Waals surface area contributed by atoms with Crippen LogP contribution in [-0.4, -0.2) is 34.5 Å². The van der Waals surface area contributed by atoms with Gasteiger partial charge in [-0.25, -0.2) is 0 Å². The second kappa shape index (κ2) is 17.1. The van der Waals surface area contributed by atoms with Gasteiger partial charge in [0.15, 0.2) is 0 Å². The molecule has 0 aliphatic rings. The maximum atomic E-state index is 5.85. The average molecular weight is 680 g/mol. The Bertz CT molecular complexity index is 1970. The van der Waals surface area contributed by atoms with Gasteiger partial charge in [0.2, 0.25) is 0 Å². The van der Waals surface area contributed by atoms with Crippen LogP contribution in [0.2, 0.25) is 0 Å². The van der Waals surface area contributed by atoms with Crippen LogP contribution in [0.25, 0.3) is 0 Å². The number of benzene rings is 6. The Morgan fingerprint density at radius 3 is 0.863 bits per heavy atom. The number of methoxy groups -OCH3 is 3. The Balaban J connectivity index is 0.993. The molecule has 0 heterocycles. The van der Waals surface area contributed by atoms with Crippen molar-refractivity contribution in [3.63, 3.8) is 0 Å². The van der Waals surface area contributed by atoms with Gasteiger partial charge in [0.1, 0.15) is 42.0 Å². The van der Waals surface area contributed by atoms with Crippen LogP contribution in [0.1, 0.15) is 0 Å². The lowest BCUT2D eigenvalue weighted by molar-refractivity contribution is 0.217. The third-order valence-electron chi connectivity index (χ3n) is 7.70. The van der Waals surface area contributed by atoms with Gasteiger partial charge in [-0.3, -0.25) is 0 Å². The largest absolute Gasteiger partial charge is 0.497 e. The Hall–Kier alpha value is -6.68. The molecule has 0 saturated carbocycles. The fourth-order valence-corrected chi connectivity index (χ4v) is 5.00. The Kier molecular flexibility index (Phi) is 11.5. The van der Waals surface area contributed by atoms with Crippen molar-refractivity contribution < 1.29 is 23.7 Å². The van der Waals surface area contributed by atoms with E-state index in [1.54, 1.807) is 21.3 Å². The highest BCUT2D eigenvalue weighted by atomic mass is 16.5. The predicted molar refractivity (Wildman–Crippen MR) is 199 cm³/mol. The first-order valence-corrected chi connectivity index (χ1v) is 16.2. The van der Waals surface area contributed by atoms with Crippen LogP contribution in [0.3, 0.4) is 0 Å². The van der Waals surface area contributed by atoms with Gasteiger partial charge in [0.25, 0.3) is 0 Å². The predicted octanol–water partition coefficient (Wildman–Crippen LogP) is 11.5. The zero-order valence-corrected chi connectivity index (χ0v) is 28.5. The lowest BCUT2D eigenvalue weighted by Crippen LogP contribution is -2.09. The van der Waals surface area contributed by atoms with Gasteiger partial charge in [-0.2, -0.15) is 20.5 Å². The van der Waals surface area contributed by atoms with Crippen molar-refractivity contribution in [2.75, 3.05) is 39.4 Å². The Morgan fingerprint density at radius 2 is 0.569 bits per heavy atom. The van der Waals surface area contributed by atoms with Crippen molar-refractivity contribution in [1.82, 2.24) is 0 Å². The van der Waals surface area contributed by atoms with Crippen molar-refractivity contribution in [2.45, 2.75) is 0 Å². The highest BCUT2D eigenvalue weighted by molar-refractivity contribution is 5.77. The second-order valence-corrected chi connectivity index (χ2v) is 11.0. The second-order valence-electron chi connectivity index (χ2n) is 11.0. The summed E-state index contributed by atoms with van der Waals surface area (Å²) in [4.78, 5) is 2.15. The summed E-state index contributed by atoms with van der Waals surface area (Å²) >= 11 is 0. The SMILES string of the molecule is COc1ccc(N=Nc2ccc(OCCOc3ccc(N=Nc4ccc(N(c5ccc(OC)cc5)c5ccc(OC)cc5)cc4)cc3)cc2)cc1. The summed E-state index contributed by atoms with van der Waals surface area (Å²) in [6.45, 7) is 0.773. The minimum atomic E-state index is 0.385. The van der Waals surface area contributed by atoms with Crippen LogP contribution < -0.4 is 28.6 Å². The van der Waals surface area contributed by atoms with Gasteiger partial charge in [-0.1, -0.05) is 0 Å². The number of anilines is 3. The zero-order chi connectivity index (χ0) is 35.3. The molecule has 0 spiro atoms. The molecular formula is C41H37N5O5. The van der Waals surface area contributed by atoms with Crippen LogP contribution in [0.4, 0.5) is 39.8 Å². The summed E-state index contributed by atoms with van der Waals surface area (Å²) in [6, 6.07) is 46.0. The number of nitrogens with zero attached hydrogens (tertiary/aromatic N) is 5. The lowest BCUT2D eigenvalue weighted by Gasteiger charge is -2.25. The third kappa shape index (κ3) is 9.48. The highest BCUT2D eigenvalue weighted by Crippen LogP contribution is 2.37. The lowest BCUT2D eigenvalue weighted by atomic mass is 10.1. The molecule has 0 bridgehead atoms. The molecule has 0 aromatic heterocycles. The van der Waals surface area contributed by atoms with Crippen molar-refractivity contribution in [1.29, 1.82) is 0 Å². The first-order valence-electron chi connectivity index (χ1n) is 16.2. The van der Waals surface area contributed by atoms with E-state index in [-0.39, 0.29) is 0 Å². The summed E-state index contributed by atoms with van der Waals surface area (Å²) in [7, 11) is 4.95. The molecule has 51 heavy (non-hydrogen) atoms. The van der Waals surface area contributed by atoms with E-state index in [0.29, 0.717) is 24.7 Å². The number of hydrogen-bond acceptors (Lipinski definition) is 10. The molecule has 256 valence electrons. The van der Waals surface area contributed by atoms with E-state index in [2.05, 4.69) is 25.4 Å². The van der Waals surface area contributed by atoms with Crippen molar-refractivity contribution in [3.8, 4) is 28.7 Å². The molecule has 0 aliphatic heterocycles. The molecule has 6 aromatic rings. The molecule has 0 saturated heterocycles. The van der Waals surface area contributed by atoms with E-state index in [9.17, 15) is 0 Å². The van der Waals surface area contributed by atoms with Crippen LogP contribution in [0.15, 0.2) is 166 Å². The molecule has 0 radical (unpaired) electrons. The summed E-state index contributed by atoms with van der Waals surface area (Å²) in [5.41, 5.74) is 5.86. The third-order valence-corrected chi connectivity index (χ3v) is 7.70. The number of rotatable bonds is 15. The molecule has 0 amide bonds. The molecule has 6 aromatic carbocycles. The molecule has 10 heteroatoms. The van der Waals surface area contributed by atoms with Gasteiger partial charge in [-0.15, -0.1) is 0 Å². The van der Waals surface area contributed by atoms with Crippen LogP contribution in [-0.2, 0) is 0 Å². The van der Waals surface area contributed by atoms with E-state index >= 15 is 0 Å². The standard InChI is InChI=1S/C41H37N5O5/c1-47-37-18-6-31(7-19-37)43-45-33-10-22-41(23-11-33)51-29-28-50-40-20-8-32(9-21-40)44-42-30-4-12-34(13-5-30)46(35-14-24-38(48-2)25-15-35)36-16-26-39(49-3)27-17-36/h4-27H,28-29H2,1-3H3. The minimum Gasteiger partial charge on any atom is -0.497 e. The minimum absolute atomic E-state index is 0.385. The number of azo groups is 2. The molecule has 0 N–H and O–H groups in total. The summed E-state index contributed by atoms with van der Waals surface area (Å²) in [5, 5.41) is 17.4. The van der Waals surface area contributed by atoms with Gasteiger partial charge in [-0.05, 0) is 146 Å². The quantitative estimate of drug-likeness (QED) is 0.0791. The number of hydrogen-bond donors (Lipinski definition) is 0. The first kappa shape index (κ1) is 34.2. The fraction of sp³-hybridized carbons (Fsp3) is 0.122. The van der Waals surface area contributed by atoms with E-state index in [4.69, 9.17) is 23.7 Å². The van der Waals surface area contributed by atoms with Gasteiger partial charge >= 0.3 is 0 Å². The summed E-state index contributed by atoms with van der Waals surface area (Å²) < 4.78 is 27.5. The van der Waals surface area contributed by atoms with Crippen molar-refractivity contribution >= 4 is 39.8 Å². The molecule has 0 unspecified atom stereocenters. The zero-order valence-electron chi connectivity index (χ0n) is 28.5. The highest BCUT2D eigenvalue weighted by Gasteiger charge is 2.13. The Morgan fingerprint density at radius 1 is 0.333 bits per heavy atom. The van der Waals surface area contributed by atoms with Gasteiger partial charge in [0.05, 0.1) is 44.1 Å². The van der Waals surface area contributed by atoms with E-state index < -0.39 is 0 Å². The van der Waals surface area contributed by atoms with Crippen LogP contribution in [0, 0.1) is 0 Å². The van der Waals surface area contributed by atoms with E-state index in [0.717, 1.165) is 57.1 Å². The maximum Gasteiger partial charge on any atom is 0.122 e. The Labute approximate surface area is 297 Å². The van der Waals surface area contributed by atoms with Crippen LogP contribution >= 0.6 is 0 Å². The maximum absolute atomic E-state index is 5.85. The van der Waals surface area contributed by atoms with E-state index in [1.165, 1.54) is 0 Å². The molecule has 0 fully saturated rings. The summed E-state index contributed by atoms with van der Waals surface area (Å²) in [5.74, 6) is 3.80. The fourth-order valence-electron chi connectivity index (χ4n) is 5.00. The monoisotopic (exact) mass is 679 g/mol. The first-order chi connectivity index (χ1) is 25.1. The topological polar surface area (TPSA) is 98.8 Å².